The van der Waals surface area contributed by atoms with Gasteiger partial charge < -0.3 is 14.6 Å². The molecule has 0 bridgehead atoms. The van der Waals surface area contributed by atoms with Crippen molar-refractivity contribution in [3.05, 3.63) is 36.2 Å². The zero-order chi connectivity index (χ0) is 17.6. The maximum Gasteiger partial charge on any atom is 0.247 e. The van der Waals surface area contributed by atoms with E-state index < -0.39 is 0 Å². The smallest absolute Gasteiger partial charge is 0.247 e. The van der Waals surface area contributed by atoms with Gasteiger partial charge in [0.25, 0.3) is 0 Å². The molecule has 1 fully saturated rings. The van der Waals surface area contributed by atoms with Crippen LogP contribution in [0, 0.1) is 0 Å². The van der Waals surface area contributed by atoms with E-state index in [1.807, 2.05) is 35.2 Å². The topological polar surface area (TPSA) is 88.3 Å². The van der Waals surface area contributed by atoms with Crippen LogP contribution in [0.15, 0.2) is 34.7 Å². The van der Waals surface area contributed by atoms with Crippen LogP contribution in [0.3, 0.4) is 0 Å². The lowest BCUT2D eigenvalue weighted by Crippen LogP contribution is -2.46. The Morgan fingerprint density at radius 3 is 2.60 bits per heavy atom. The fourth-order valence-electron chi connectivity index (χ4n) is 2.91. The Labute approximate surface area is 146 Å². The summed E-state index contributed by atoms with van der Waals surface area (Å²) in [6.07, 6.45) is 2.31. The van der Waals surface area contributed by atoms with E-state index in [2.05, 4.69) is 15.5 Å². The first-order chi connectivity index (χ1) is 12.1. The molecule has 0 unspecified atom stereocenters. The molecule has 1 aliphatic rings. The molecule has 1 aromatic heterocycles. The normalized spacial score (nSPS) is 15.2. The van der Waals surface area contributed by atoms with Gasteiger partial charge in [-0.3, -0.25) is 9.59 Å². The first-order valence-electron chi connectivity index (χ1n) is 8.54. The Morgan fingerprint density at radius 2 is 1.92 bits per heavy atom. The van der Waals surface area contributed by atoms with Crippen molar-refractivity contribution in [2.45, 2.75) is 38.6 Å². The largest absolute Gasteiger partial charge is 0.421 e. The lowest BCUT2D eigenvalue weighted by atomic mass is 10.0. The number of hydrogen-bond acceptors (Lipinski definition) is 5. The summed E-state index contributed by atoms with van der Waals surface area (Å²) in [5.41, 5.74) is 0.864. The number of carbonyl (C=O) groups is 2. The number of aromatic nitrogens is 2. The van der Waals surface area contributed by atoms with Crippen molar-refractivity contribution >= 4 is 11.8 Å². The van der Waals surface area contributed by atoms with E-state index in [-0.39, 0.29) is 17.9 Å². The average molecular weight is 342 g/mol. The van der Waals surface area contributed by atoms with Crippen LogP contribution in [0.2, 0.25) is 0 Å². The number of nitrogens with one attached hydrogen (secondary N) is 1. The first kappa shape index (κ1) is 17.1. The molecule has 7 heteroatoms. The summed E-state index contributed by atoms with van der Waals surface area (Å²) in [7, 11) is 0. The molecule has 1 saturated heterocycles. The third-order valence-corrected chi connectivity index (χ3v) is 4.36. The fourth-order valence-corrected chi connectivity index (χ4v) is 2.91. The summed E-state index contributed by atoms with van der Waals surface area (Å²) < 4.78 is 5.60. The van der Waals surface area contributed by atoms with Gasteiger partial charge in [0.2, 0.25) is 23.6 Å². The molecule has 0 atom stereocenters. The third kappa shape index (κ3) is 4.65. The van der Waals surface area contributed by atoms with Gasteiger partial charge in [0.15, 0.2) is 0 Å². The molecule has 1 aromatic carbocycles. The number of aryl methyl sites for hydroxylation is 1. The zero-order valence-corrected chi connectivity index (χ0v) is 14.3. The predicted molar refractivity (Wildman–Crippen MR) is 91.5 cm³/mol. The number of likely N-dealkylation sites (tertiary alicyclic amines) is 1. The number of hydrogen-bond donors (Lipinski definition) is 1. The molecule has 2 amide bonds. The fraction of sp³-hybridized carbons (Fsp3) is 0.444. The molecule has 1 aliphatic heterocycles. The first-order valence-corrected chi connectivity index (χ1v) is 8.54. The van der Waals surface area contributed by atoms with Crippen LogP contribution < -0.4 is 5.32 Å². The molecule has 25 heavy (non-hydrogen) atoms. The summed E-state index contributed by atoms with van der Waals surface area (Å²) in [6, 6.07) is 9.67. The van der Waals surface area contributed by atoms with Crippen molar-refractivity contribution in [1.82, 2.24) is 20.4 Å². The predicted octanol–water partition coefficient (Wildman–Crippen LogP) is 1.80. The number of nitrogens with zero attached hydrogens (tertiary/aromatic N) is 3. The van der Waals surface area contributed by atoms with Crippen molar-refractivity contribution in [1.29, 1.82) is 0 Å². The highest BCUT2D eigenvalue weighted by molar-refractivity contribution is 5.76. The number of amides is 2. The van der Waals surface area contributed by atoms with Gasteiger partial charge in [-0.2, -0.15) is 0 Å². The molecular weight excluding hydrogens is 320 g/mol. The van der Waals surface area contributed by atoms with E-state index in [1.54, 1.807) is 6.92 Å². The van der Waals surface area contributed by atoms with Crippen LogP contribution >= 0.6 is 0 Å². The highest BCUT2D eigenvalue weighted by atomic mass is 16.4. The van der Waals surface area contributed by atoms with Gasteiger partial charge in [-0.1, -0.05) is 18.2 Å². The summed E-state index contributed by atoms with van der Waals surface area (Å²) in [4.78, 5) is 25.2. The zero-order valence-electron chi connectivity index (χ0n) is 14.3. The molecule has 0 spiro atoms. The minimum atomic E-state index is -0.0271. The van der Waals surface area contributed by atoms with Gasteiger partial charge in [0, 0.05) is 44.5 Å². The molecule has 2 heterocycles. The number of benzene rings is 1. The molecule has 7 nitrogen and oxygen atoms in total. The summed E-state index contributed by atoms with van der Waals surface area (Å²) in [5, 5.41) is 11.0. The highest BCUT2D eigenvalue weighted by Crippen LogP contribution is 2.17. The van der Waals surface area contributed by atoms with Crippen molar-refractivity contribution in [3.8, 4) is 11.5 Å². The SMILES string of the molecule is CC(=O)N1CCC(NC(=O)CCc2nnc(-c3ccccc3)o2)CC1. The molecule has 2 aromatic rings. The Kier molecular flexibility index (Phi) is 5.42. The van der Waals surface area contributed by atoms with Crippen LogP contribution in [0.1, 0.15) is 32.1 Å². The van der Waals surface area contributed by atoms with E-state index in [0.29, 0.717) is 37.7 Å². The molecule has 132 valence electrons. The van der Waals surface area contributed by atoms with Gasteiger partial charge in [0.05, 0.1) is 0 Å². The van der Waals surface area contributed by atoms with Gasteiger partial charge >= 0.3 is 0 Å². The highest BCUT2D eigenvalue weighted by Gasteiger charge is 2.22. The standard InChI is InChI=1S/C18H22N4O3/c1-13(23)22-11-9-15(10-12-22)19-16(24)7-8-17-20-21-18(25-17)14-5-3-2-4-6-14/h2-6,15H,7-12H2,1H3,(H,19,24). The maximum absolute atomic E-state index is 12.1. The molecule has 1 N–H and O–H groups in total. The van der Waals surface area contributed by atoms with E-state index in [1.165, 1.54) is 0 Å². The molecule has 0 aliphatic carbocycles. The molecule has 0 saturated carbocycles. The Bertz CT molecular complexity index is 721. The van der Waals surface area contributed by atoms with Crippen LogP contribution in [-0.4, -0.2) is 46.0 Å². The van der Waals surface area contributed by atoms with Crippen molar-refractivity contribution in [2.24, 2.45) is 0 Å². The average Bonchev–Trinajstić information content (AvgIpc) is 3.10. The Hall–Kier alpha value is -2.70. The Balaban J connectivity index is 1.44. The lowest BCUT2D eigenvalue weighted by Gasteiger charge is -2.31. The summed E-state index contributed by atoms with van der Waals surface area (Å²) >= 11 is 0. The molecule has 3 rings (SSSR count). The second-order valence-corrected chi connectivity index (χ2v) is 6.21. The van der Waals surface area contributed by atoms with E-state index in [4.69, 9.17) is 4.42 Å². The molecule has 0 radical (unpaired) electrons. The number of carbonyl (C=O) groups excluding carboxylic acids is 2. The monoisotopic (exact) mass is 342 g/mol. The van der Waals surface area contributed by atoms with Gasteiger partial charge in [-0.05, 0) is 25.0 Å². The Morgan fingerprint density at radius 1 is 1.20 bits per heavy atom. The molecular formula is C18H22N4O3. The number of rotatable bonds is 5. The van der Waals surface area contributed by atoms with E-state index in [0.717, 1.165) is 18.4 Å². The number of piperidine rings is 1. The van der Waals surface area contributed by atoms with Gasteiger partial charge in [-0.25, -0.2) is 0 Å². The lowest BCUT2D eigenvalue weighted by molar-refractivity contribution is -0.130. The van der Waals surface area contributed by atoms with Crippen LogP contribution in [0.4, 0.5) is 0 Å². The van der Waals surface area contributed by atoms with E-state index >= 15 is 0 Å². The van der Waals surface area contributed by atoms with Crippen LogP contribution in [0.25, 0.3) is 11.5 Å². The maximum atomic E-state index is 12.1. The van der Waals surface area contributed by atoms with Gasteiger partial charge in [-0.15, -0.1) is 10.2 Å². The summed E-state index contributed by atoms with van der Waals surface area (Å²) in [5.74, 6) is 0.990. The minimum Gasteiger partial charge on any atom is -0.421 e. The van der Waals surface area contributed by atoms with Crippen molar-refractivity contribution in [3.63, 3.8) is 0 Å². The van der Waals surface area contributed by atoms with Crippen LogP contribution in [-0.2, 0) is 16.0 Å². The van der Waals surface area contributed by atoms with Crippen LogP contribution in [0.5, 0.6) is 0 Å². The van der Waals surface area contributed by atoms with Crippen molar-refractivity contribution in [2.75, 3.05) is 13.1 Å². The second-order valence-electron chi connectivity index (χ2n) is 6.21. The van der Waals surface area contributed by atoms with E-state index in [9.17, 15) is 9.59 Å². The second kappa shape index (κ2) is 7.92. The third-order valence-electron chi connectivity index (χ3n) is 4.36. The summed E-state index contributed by atoms with van der Waals surface area (Å²) in [6.45, 7) is 2.97. The van der Waals surface area contributed by atoms with Crippen molar-refractivity contribution < 1.29 is 14.0 Å². The van der Waals surface area contributed by atoms with Gasteiger partial charge in [0.1, 0.15) is 0 Å². The minimum absolute atomic E-state index is 0.0271. The quantitative estimate of drug-likeness (QED) is 0.895.